The number of aliphatic hydroxyl groups excluding tert-OH is 2. The minimum atomic E-state index is -0.587. The summed E-state index contributed by atoms with van der Waals surface area (Å²) in [6, 6.07) is 0. The van der Waals surface area contributed by atoms with Crippen molar-refractivity contribution in [2.24, 2.45) is 5.92 Å². The highest BCUT2D eigenvalue weighted by molar-refractivity contribution is 6.33. The van der Waals surface area contributed by atoms with Crippen molar-refractivity contribution in [1.29, 1.82) is 0 Å². The Bertz CT molecular complexity index is 443. The summed E-state index contributed by atoms with van der Waals surface area (Å²) < 4.78 is 0. The monoisotopic (exact) mass is 272 g/mol. The van der Waals surface area contributed by atoms with Gasteiger partial charge in [-0.05, 0) is 13.3 Å². The molecule has 0 aromatic carbocycles. The van der Waals surface area contributed by atoms with Crippen molar-refractivity contribution in [2.75, 3.05) is 30.3 Å². The number of β-amino-alcohol motifs (C(OH)–C–C–N with tert-alkyl or cyclic N) is 1. The molecule has 1 aliphatic heterocycles. The lowest BCUT2D eigenvalue weighted by Gasteiger charge is -2.36. The topological polar surface area (TPSA) is 95.5 Å². The molecule has 1 saturated heterocycles. The Balaban J connectivity index is 2.23. The Hall–Kier alpha value is -1.11. The van der Waals surface area contributed by atoms with Crippen LogP contribution in [0.3, 0.4) is 0 Å². The zero-order chi connectivity index (χ0) is 13.3. The number of hydrogen-bond acceptors (Lipinski definition) is 6. The number of nitrogen functional groups attached to an aromatic ring is 1. The van der Waals surface area contributed by atoms with Crippen LogP contribution >= 0.6 is 11.6 Å². The van der Waals surface area contributed by atoms with E-state index in [1.165, 1.54) is 0 Å². The Morgan fingerprint density at radius 2 is 2.22 bits per heavy atom. The predicted molar refractivity (Wildman–Crippen MR) is 69.6 cm³/mol. The van der Waals surface area contributed by atoms with Crippen LogP contribution < -0.4 is 10.6 Å². The standard InChI is InChI=1S/C11H17ClN4O2/c1-6-9(12)10(15-11(13)14-6)16-3-2-7(5-17)8(18)4-16/h7-8,17-18H,2-5H2,1H3,(H2,13,14,15)/t7-,8-/m1/s1. The molecule has 6 nitrogen and oxygen atoms in total. The van der Waals surface area contributed by atoms with E-state index in [4.69, 9.17) is 22.4 Å². The molecule has 100 valence electrons. The van der Waals surface area contributed by atoms with Crippen LogP contribution in [0.1, 0.15) is 12.1 Å². The zero-order valence-corrected chi connectivity index (χ0v) is 10.9. The van der Waals surface area contributed by atoms with Crippen LogP contribution in [0.2, 0.25) is 5.02 Å². The number of hydrogen-bond donors (Lipinski definition) is 3. The van der Waals surface area contributed by atoms with Crippen molar-refractivity contribution in [3.63, 3.8) is 0 Å². The lowest BCUT2D eigenvalue weighted by Crippen LogP contribution is -2.45. The third-order valence-electron chi connectivity index (χ3n) is 3.27. The van der Waals surface area contributed by atoms with Crippen LogP contribution in [0.5, 0.6) is 0 Å². The number of piperidine rings is 1. The van der Waals surface area contributed by atoms with Crippen molar-refractivity contribution in [3.05, 3.63) is 10.7 Å². The molecule has 0 amide bonds. The summed E-state index contributed by atoms with van der Waals surface area (Å²) in [5.41, 5.74) is 6.24. The predicted octanol–water partition coefficient (Wildman–Crippen LogP) is 0.200. The third kappa shape index (κ3) is 2.50. The summed E-state index contributed by atoms with van der Waals surface area (Å²) >= 11 is 6.16. The van der Waals surface area contributed by atoms with Gasteiger partial charge in [0.2, 0.25) is 5.95 Å². The molecule has 2 rings (SSSR count). The lowest BCUT2D eigenvalue weighted by atomic mass is 9.95. The summed E-state index contributed by atoms with van der Waals surface area (Å²) in [5.74, 6) is 0.642. The summed E-state index contributed by atoms with van der Waals surface area (Å²) in [5, 5.41) is 19.5. The van der Waals surface area contributed by atoms with Gasteiger partial charge >= 0.3 is 0 Å². The normalized spacial score (nSPS) is 24.3. The first-order chi connectivity index (χ1) is 8.52. The molecule has 0 aliphatic carbocycles. The van der Waals surface area contributed by atoms with Crippen LogP contribution in [-0.2, 0) is 0 Å². The highest BCUT2D eigenvalue weighted by atomic mass is 35.5. The SMILES string of the molecule is Cc1nc(N)nc(N2CC[C@H](CO)[C@H](O)C2)c1Cl. The second kappa shape index (κ2) is 5.26. The molecule has 2 heterocycles. The molecule has 1 aromatic heterocycles. The van der Waals surface area contributed by atoms with E-state index < -0.39 is 6.10 Å². The van der Waals surface area contributed by atoms with Crippen molar-refractivity contribution < 1.29 is 10.2 Å². The molecule has 18 heavy (non-hydrogen) atoms. The van der Waals surface area contributed by atoms with Crippen molar-refractivity contribution in [3.8, 4) is 0 Å². The van der Waals surface area contributed by atoms with E-state index >= 15 is 0 Å². The molecule has 1 fully saturated rings. The Labute approximate surface area is 110 Å². The first-order valence-corrected chi connectivity index (χ1v) is 6.24. The molecule has 1 aliphatic rings. The lowest BCUT2D eigenvalue weighted by molar-refractivity contribution is 0.0546. The second-order valence-corrected chi connectivity index (χ2v) is 4.93. The number of rotatable bonds is 2. The molecule has 4 N–H and O–H groups in total. The fourth-order valence-electron chi connectivity index (χ4n) is 2.16. The van der Waals surface area contributed by atoms with E-state index in [0.717, 1.165) is 0 Å². The maximum atomic E-state index is 9.91. The van der Waals surface area contributed by atoms with Gasteiger partial charge in [-0.15, -0.1) is 0 Å². The number of aryl methyl sites for hydroxylation is 1. The average molecular weight is 273 g/mol. The van der Waals surface area contributed by atoms with Gasteiger partial charge in [-0.3, -0.25) is 0 Å². The van der Waals surface area contributed by atoms with Gasteiger partial charge in [0.15, 0.2) is 5.82 Å². The molecule has 1 aromatic rings. The van der Waals surface area contributed by atoms with E-state index in [-0.39, 0.29) is 18.5 Å². The van der Waals surface area contributed by atoms with E-state index in [9.17, 15) is 5.11 Å². The van der Waals surface area contributed by atoms with Gasteiger partial charge in [-0.25, -0.2) is 4.98 Å². The number of nitrogens with two attached hydrogens (primary N) is 1. The van der Waals surface area contributed by atoms with Crippen molar-refractivity contribution in [2.45, 2.75) is 19.4 Å². The van der Waals surface area contributed by atoms with Crippen LogP contribution in [-0.4, -0.2) is 46.0 Å². The highest BCUT2D eigenvalue weighted by Gasteiger charge is 2.29. The van der Waals surface area contributed by atoms with E-state index in [1.54, 1.807) is 6.92 Å². The number of halogens is 1. The molecule has 0 bridgehead atoms. The Morgan fingerprint density at radius 3 is 2.83 bits per heavy atom. The Morgan fingerprint density at radius 1 is 1.50 bits per heavy atom. The molecule has 0 spiro atoms. The van der Waals surface area contributed by atoms with E-state index in [0.29, 0.717) is 36.0 Å². The van der Waals surface area contributed by atoms with Gasteiger partial charge in [0.1, 0.15) is 5.02 Å². The van der Waals surface area contributed by atoms with Gasteiger partial charge in [0, 0.05) is 25.6 Å². The largest absolute Gasteiger partial charge is 0.396 e. The minimum absolute atomic E-state index is 0.00627. The summed E-state index contributed by atoms with van der Waals surface area (Å²) in [6.45, 7) is 2.83. The first kappa shape index (κ1) is 13.3. The van der Waals surface area contributed by atoms with Crippen molar-refractivity contribution >= 4 is 23.4 Å². The van der Waals surface area contributed by atoms with Crippen LogP contribution in [0, 0.1) is 12.8 Å². The van der Waals surface area contributed by atoms with Gasteiger partial charge in [-0.1, -0.05) is 11.6 Å². The molecule has 0 radical (unpaired) electrons. The van der Waals surface area contributed by atoms with Gasteiger partial charge in [0.25, 0.3) is 0 Å². The fourth-order valence-corrected chi connectivity index (χ4v) is 2.36. The van der Waals surface area contributed by atoms with Crippen molar-refractivity contribution in [1.82, 2.24) is 9.97 Å². The van der Waals surface area contributed by atoms with Gasteiger partial charge in [0.05, 0.1) is 11.8 Å². The first-order valence-electron chi connectivity index (χ1n) is 5.86. The number of anilines is 2. The van der Waals surface area contributed by atoms with Crippen LogP contribution in [0.15, 0.2) is 0 Å². The number of nitrogens with zero attached hydrogens (tertiary/aromatic N) is 3. The number of aromatic nitrogens is 2. The van der Waals surface area contributed by atoms with E-state index in [1.807, 2.05) is 4.90 Å². The van der Waals surface area contributed by atoms with Gasteiger partial charge < -0.3 is 20.8 Å². The molecular formula is C11H17ClN4O2. The highest BCUT2D eigenvalue weighted by Crippen LogP contribution is 2.30. The smallest absolute Gasteiger partial charge is 0.222 e. The summed E-state index contributed by atoms with van der Waals surface area (Å²) in [7, 11) is 0. The molecular weight excluding hydrogens is 256 g/mol. The maximum Gasteiger partial charge on any atom is 0.222 e. The van der Waals surface area contributed by atoms with Crippen LogP contribution in [0.4, 0.5) is 11.8 Å². The van der Waals surface area contributed by atoms with Crippen LogP contribution in [0.25, 0.3) is 0 Å². The minimum Gasteiger partial charge on any atom is -0.396 e. The molecule has 0 unspecified atom stereocenters. The third-order valence-corrected chi connectivity index (χ3v) is 3.71. The summed E-state index contributed by atoms with van der Waals surface area (Å²) in [4.78, 5) is 9.99. The quantitative estimate of drug-likeness (QED) is 0.712. The zero-order valence-electron chi connectivity index (χ0n) is 10.2. The molecule has 2 atom stereocenters. The molecule has 7 heteroatoms. The summed E-state index contributed by atoms with van der Waals surface area (Å²) in [6.07, 6.45) is 0.105. The van der Waals surface area contributed by atoms with E-state index in [2.05, 4.69) is 9.97 Å². The average Bonchev–Trinajstić information content (AvgIpc) is 2.33. The maximum absolute atomic E-state index is 9.91. The fraction of sp³-hybridized carbons (Fsp3) is 0.636. The Kier molecular flexibility index (Phi) is 3.89. The second-order valence-electron chi connectivity index (χ2n) is 4.55. The molecule has 0 saturated carbocycles. The van der Waals surface area contributed by atoms with Gasteiger partial charge in [-0.2, -0.15) is 4.98 Å². The number of aliphatic hydroxyl groups is 2.